The zero-order chi connectivity index (χ0) is 7.78. The molecule has 0 bridgehead atoms. The summed E-state index contributed by atoms with van der Waals surface area (Å²) in [5.74, 6) is 2.30. The van der Waals surface area contributed by atoms with Crippen LogP contribution in [0, 0.1) is 11.3 Å². The van der Waals surface area contributed by atoms with Crippen molar-refractivity contribution in [3.8, 4) is 0 Å². The fourth-order valence-electron chi connectivity index (χ4n) is 0.952. The average Bonchev–Trinajstić information content (AvgIpc) is 2.47. The van der Waals surface area contributed by atoms with Gasteiger partial charge in [0.1, 0.15) is 0 Å². The standard InChI is InChI=1S/C9H18S/c1-7(9(2,3)4)5-8-6-10-8/h7-8H,5-6H2,1-4H3. The van der Waals surface area contributed by atoms with Gasteiger partial charge in [-0.25, -0.2) is 0 Å². The number of thioether (sulfide) groups is 1. The molecule has 0 spiro atoms. The molecule has 1 aliphatic heterocycles. The van der Waals surface area contributed by atoms with Crippen molar-refractivity contribution in [2.24, 2.45) is 11.3 Å². The van der Waals surface area contributed by atoms with Crippen LogP contribution in [0.1, 0.15) is 34.1 Å². The Kier molecular flexibility index (Phi) is 2.34. The molecule has 1 saturated heterocycles. The lowest BCUT2D eigenvalue weighted by Gasteiger charge is -2.26. The van der Waals surface area contributed by atoms with Gasteiger partial charge < -0.3 is 0 Å². The zero-order valence-electron chi connectivity index (χ0n) is 7.48. The molecule has 60 valence electrons. The van der Waals surface area contributed by atoms with Crippen LogP contribution >= 0.6 is 11.8 Å². The van der Waals surface area contributed by atoms with Gasteiger partial charge in [-0.2, -0.15) is 11.8 Å². The van der Waals surface area contributed by atoms with Crippen LogP contribution in [0.15, 0.2) is 0 Å². The molecule has 0 amide bonds. The molecule has 1 heteroatoms. The Morgan fingerprint density at radius 1 is 1.50 bits per heavy atom. The molecule has 0 radical (unpaired) electrons. The third-order valence-electron chi connectivity index (χ3n) is 2.50. The van der Waals surface area contributed by atoms with Gasteiger partial charge in [-0.05, 0) is 17.8 Å². The zero-order valence-corrected chi connectivity index (χ0v) is 8.29. The van der Waals surface area contributed by atoms with Crippen LogP contribution in [-0.4, -0.2) is 11.0 Å². The molecular weight excluding hydrogens is 140 g/mol. The van der Waals surface area contributed by atoms with E-state index < -0.39 is 0 Å². The second-order valence-electron chi connectivity index (χ2n) is 4.46. The second kappa shape index (κ2) is 2.77. The molecule has 0 aromatic rings. The largest absolute Gasteiger partial charge is 0.157 e. The van der Waals surface area contributed by atoms with E-state index in [-0.39, 0.29) is 0 Å². The first-order chi connectivity index (χ1) is 4.50. The van der Waals surface area contributed by atoms with Crippen molar-refractivity contribution < 1.29 is 0 Å². The first-order valence-corrected chi connectivity index (χ1v) is 5.16. The molecule has 0 aromatic carbocycles. The van der Waals surface area contributed by atoms with Gasteiger partial charge in [0, 0.05) is 11.0 Å². The Morgan fingerprint density at radius 3 is 2.30 bits per heavy atom. The maximum Gasteiger partial charge on any atom is 0.0141 e. The minimum absolute atomic E-state index is 0.517. The number of hydrogen-bond donors (Lipinski definition) is 0. The summed E-state index contributed by atoms with van der Waals surface area (Å²) >= 11 is 2.11. The van der Waals surface area contributed by atoms with E-state index in [0.29, 0.717) is 5.41 Å². The third kappa shape index (κ3) is 2.53. The molecule has 2 unspecified atom stereocenters. The monoisotopic (exact) mass is 158 g/mol. The summed E-state index contributed by atoms with van der Waals surface area (Å²) in [6, 6.07) is 0. The fraction of sp³-hybridized carbons (Fsp3) is 1.00. The highest BCUT2D eigenvalue weighted by Gasteiger charge is 2.29. The van der Waals surface area contributed by atoms with Gasteiger partial charge >= 0.3 is 0 Å². The molecule has 1 fully saturated rings. The molecule has 0 N–H and O–H groups in total. The fourth-order valence-corrected chi connectivity index (χ4v) is 1.65. The van der Waals surface area contributed by atoms with Gasteiger partial charge in [0.25, 0.3) is 0 Å². The number of hydrogen-bond acceptors (Lipinski definition) is 1. The van der Waals surface area contributed by atoms with Gasteiger partial charge in [0.05, 0.1) is 0 Å². The van der Waals surface area contributed by atoms with Gasteiger partial charge in [0.2, 0.25) is 0 Å². The Morgan fingerprint density at radius 2 is 2.00 bits per heavy atom. The average molecular weight is 158 g/mol. The normalized spacial score (nSPS) is 28.2. The van der Waals surface area contributed by atoms with Crippen molar-refractivity contribution in [2.45, 2.75) is 39.4 Å². The highest BCUT2D eigenvalue weighted by atomic mass is 32.2. The minimum Gasteiger partial charge on any atom is -0.157 e. The Hall–Kier alpha value is 0.350. The molecule has 0 nitrogen and oxygen atoms in total. The van der Waals surface area contributed by atoms with Crippen molar-refractivity contribution in [1.29, 1.82) is 0 Å². The summed E-state index contributed by atoms with van der Waals surface area (Å²) in [5.41, 5.74) is 0.517. The summed E-state index contributed by atoms with van der Waals surface area (Å²) in [4.78, 5) is 0. The van der Waals surface area contributed by atoms with Gasteiger partial charge in [0.15, 0.2) is 0 Å². The predicted molar refractivity (Wildman–Crippen MR) is 49.5 cm³/mol. The molecule has 10 heavy (non-hydrogen) atoms. The minimum atomic E-state index is 0.517. The third-order valence-corrected chi connectivity index (χ3v) is 3.49. The summed E-state index contributed by atoms with van der Waals surface area (Å²) < 4.78 is 0. The highest BCUT2D eigenvalue weighted by Crippen LogP contribution is 2.40. The first-order valence-electron chi connectivity index (χ1n) is 4.12. The van der Waals surface area contributed by atoms with E-state index in [1.807, 2.05) is 0 Å². The summed E-state index contributed by atoms with van der Waals surface area (Å²) in [6.45, 7) is 9.39. The molecule has 1 aliphatic rings. The Bertz CT molecular complexity index is 108. The first kappa shape index (κ1) is 8.45. The van der Waals surface area contributed by atoms with Crippen LogP contribution in [0.4, 0.5) is 0 Å². The van der Waals surface area contributed by atoms with Crippen LogP contribution in [-0.2, 0) is 0 Å². The van der Waals surface area contributed by atoms with Crippen molar-refractivity contribution in [3.05, 3.63) is 0 Å². The highest BCUT2D eigenvalue weighted by molar-refractivity contribution is 8.06. The predicted octanol–water partition coefficient (Wildman–Crippen LogP) is 3.17. The van der Waals surface area contributed by atoms with Gasteiger partial charge in [-0.15, -0.1) is 0 Å². The Balaban J connectivity index is 2.25. The lowest BCUT2D eigenvalue weighted by molar-refractivity contribution is 0.250. The van der Waals surface area contributed by atoms with E-state index in [1.165, 1.54) is 12.2 Å². The van der Waals surface area contributed by atoms with Crippen molar-refractivity contribution >= 4 is 11.8 Å². The smallest absolute Gasteiger partial charge is 0.0141 e. The Labute approximate surface area is 68.8 Å². The van der Waals surface area contributed by atoms with E-state index in [9.17, 15) is 0 Å². The summed E-state index contributed by atoms with van der Waals surface area (Å²) in [5, 5.41) is 1.01. The second-order valence-corrected chi connectivity index (χ2v) is 5.79. The molecule has 1 heterocycles. The van der Waals surface area contributed by atoms with Crippen LogP contribution in [0.25, 0.3) is 0 Å². The van der Waals surface area contributed by atoms with E-state index >= 15 is 0 Å². The van der Waals surface area contributed by atoms with E-state index in [1.54, 1.807) is 0 Å². The van der Waals surface area contributed by atoms with Crippen LogP contribution in [0.3, 0.4) is 0 Å². The molecular formula is C9H18S. The molecule has 2 atom stereocenters. The maximum absolute atomic E-state index is 2.37. The summed E-state index contributed by atoms with van der Waals surface area (Å²) in [6.07, 6.45) is 1.42. The van der Waals surface area contributed by atoms with Crippen LogP contribution in [0.2, 0.25) is 0 Å². The SMILES string of the molecule is CC(CC1CS1)C(C)(C)C. The van der Waals surface area contributed by atoms with Crippen molar-refractivity contribution in [2.75, 3.05) is 5.75 Å². The maximum atomic E-state index is 2.37. The summed E-state index contributed by atoms with van der Waals surface area (Å²) in [7, 11) is 0. The quantitative estimate of drug-likeness (QED) is 0.556. The molecule has 0 saturated carbocycles. The molecule has 0 aliphatic carbocycles. The topological polar surface area (TPSA) is 0 Å². The van der Waals surface area contributed by atoms with E-state index in [0.717, 1.165) is 11.2 Å². The lowest BCUT2D eigenvalue weighted by atomic mass is 9.80. The van der Waals surface area contributed by atoms with Crippen molar-refractivity contribution in [3.63, 3.8) is 0 Å². The van der Waals surface area contributed by atoms with Crippen molar-refractivity contribution in [1.82, 2.24) is 0 Å². The number of rotatable bonds is 2. The van der Waals surface area contributed by atoms with E-state index in [2.05, 4.69) is 39.5 Å². The molecule has 1 rings (SSSR count). The molecule has 0 aromatic heterocycles. The van der Waals surface area contributed by atoms with Crippen LogP contribution in [0.5, 0.6) is 0 Å². The van der Waals surface area contributed by atoms with Crippen LogP contribution < -0.4 is 0 Å². The van der Waals surface area contributed by atoms with E-state index in [4.69, 9.17) is 0 Å². The lowest BCUT2D eigenvalue weighted by Crippen LogP contribution is -2.18. The van der Waals surface area contributed by atoms with Gasteiger partial charge in [-0.3, -0.25) is 0 Å². The van der Waals surface area contributed by atoms with Gasteiger partial charge in [-0.1, -0.05) is 27.7 Å².